The summed E-state index contributed by atoms with van der Waals surface area (Å²) in [6, 6.07) is 8.52. The third-order valence-electron chi connectivity index (χ3n) is 3.72. The smallest absolute Gasteiger partial charge is 0.291 e. The Hall–Kier alpha value is -2.76. The van der Waals surface area contributed by atoms with Gasteiger partial charge in [0, 0.05) is 18.3 Å². The number of carbonyl (C=O) groups is 2. The highest BCUT2D eigenvalue weighted by molar-refractivity contribution is 6.03. The van der Waals surface area contributed by atoms with E-state index in [4.69, 9.17) is 9.15 Å². The van der Waals surface area contributed by atoms with Crippen molar-refractivity contribution in [1.29, 1.82) is 0 Å². The van der Waals surface area contributed by atoms with E-state index in [1.807, 2.05) is 0 Å². The number of benzene rings is 1. The number of fused-ring (bicyclic) bond motifs is 1. The minimum absolute atomic E-state index is 0.0522. The second kappa shape index (κ2) is 6.39. The molecule has 2 heterocycles. The Labute approximate surface area is 140 Å². The predicted octanol–water partition coefficient (Wildman–Crippen LogP) is 3.30. The molecule has 3 rings (SSSR count). The SMILES string of the molecule is CC(C)CN1C(=O)C(C)Oc2cc(NC(=O)c3ccco3)ccc21. The Morgan fingerprint density at radius 1 is 1.33 bits per heavy atom. The second-order valence-corrected chi connectivity index (χ2v) is 6.22. The van der Waals surface area contributed by atoms with Gasteiger partial charge in [0.15, 0.2) is 11.9 Å². The maximum atomic E-state index is 12.4. The minimum atomic E-state index is -0.549. The van der Waals surface area contributed by atoms with Crippen LogP contribution in [0.2, 0.25) is 0 Å². The first-order valence-electron chi connectivity index (χ1n) is 7.92. The molecule has 1 N–H and O–H groups in total. The summed E-state index contributed by atoms with van der Waals surface area (Å²) in [6.07, 6.45) is 0.898. The molecule has 0 bridgehead atoms. The Morgan fingerprint density at radius 2 is 2.12 bits per heavy atom. The van der Waals surface area contributed by atoms with Gasteiger partial charge in [-0.1, -0.05) is 13.8 Å². The number of ether oxygens (including phenoxy) is 1. The van der Waals surface area contributed by atoms with Gasteiger partial charge in [0.2, 0.25) is 0 Å². The molecule has 0 aliphatic carbocycles. The number of furan rings is 1. The van der Waals surface area contributed by atoms with E-state index < -0.39 is 6.10 Å². The van der Waals surface area contributed by atoms with Crippen LogP contribution in [0.5, 0.6) is 5.75 Å². The van der Waals surface area contributed by atoms with Gasteiger partial charge in [-0.2, -0.15) is 0 Å². The predicted molar refractivity (Wildman–Crippen MR) is 90.4 cm³/mol. The Balaban J connectivity index is 1.86. The molecule has 1 aromatic carbocycles. The highest BCUT2D eigenvalue weighted by atomic mass is 16.5. The van der Waals surface area contributed by atoms with Gasteiger partial charge in [-0.15, -0.1) is 0 Å². The fourth-order valence-electron chi connectivity index (χ4n) is 2.64. The summed E-state index contributed by atoms with van der Waals surface area (Å²) in [5, 5.41) is 2.76. The van der Waals surface area contributed by atoms with Gasteiger partial charge < -0.3 is 19.4 Å². The first-order valence-corrected chi connectivity index (χ1v) is 7.92. The van der Waals surface area contributed by atoms with Crippen molar-refractivity contribution in [1.82, 2.24) is 0 Å². The first-order chi connectivity index (χ1) is 11.5. The average Bonchev–Trinajstić information content (AvgIpc) is 3.06. The van der Waals surface area contributed by atoms with E-state index in [2.05, 4.69) is 19.2 Å². The molecule has 0 fully saturated rings. The number of nitrogens with one attached hydrogen (secondary N) is 1. The van der Waals surface area contributed by atoms with Crippen LogP contribution >= 0.6 is 0 Å². The summed E-state index contributed by atoms with van der Waals surface area (Å²) in [4.78, 5) is 26.2. The van der Waals surface area contributed by atoms with Gasteiger partial charge in [-0.05, 0) is 37.1 Å². The molecular weight excluding hydrogens is 308 g/mol. The summed E-state index contributed by atoms with van der Waals surface area (Å²) >= 11 is 0. The molecule has 6 heteroatoms. The highest BCUT2D eigenvalue weighted by Crippen LogP contribution is 2.36. The lowest BCUT2D eigenvalue weighted by molar-refractivity contribution is -0.125. The molecule has 1 unspecified atom stereocenters. The van der Waals surface area contributed by atoms with Crippen molar-refractivity contribution in [3.8, 4) is 5.75 Å². The molecule has 1 aliphatic rings. The monoisotopic (exact) mass is 328 g/mol. The number of rotatable bonds is 4. The Kier molecular flexibility index (Phi) is 4.29. The van der Waals surface area contributed by atoms with E-state index in [1.165, 1.54) is 6.26 Å². The van der Waals surface area contributed by atoms with Gasteiger partial charge >= 0.3 is 0 Å². The topological polar surface area (TPSA) is 71.8 Å². The molecule has 2 aromatic rings. The van der Waals surface area contributed by atoms with Crippen molar-refractivity contribution in [2.75, 3.05) is 16.8 Å². The maximum Gasteiger partial charge on any atom is 0.291 e. The van der Waals surface area contributed by atoms with Gasteiger partial charge in [-0.3, -0.25) is 9.59 Å². The van der Waals surface area contributed by atoms with E-state index in [9.17, 15) is 9.59 Å². The molecule has 1 atom stereocenters. The quantitative estimate of drug-likeness (QED) is 0.935. The van der Waals surface area contributed by atoms with Crippen LogP contribution in [-0.2, 0) is 4.79 Å². The van der Waals surface area contributed by atoms with E-state index in [1.54, 1.807) is 42.2 Å². The summed E-state index contributed by atoms with van der Waals surface area (Å²) in [5.41, 5.74) is 1.31. The number of amides is 2. The lowest BCUT2D eigenvalue weighted by atomic mass is 10.1. The normalized spacial score (nSPS) is 16.8. The molecule has 126 valence electrons. The molecule has 1 aliphatic heterocycles. The standard InChI is InChI=1S/C18H20N2O4/c1-11(2)10-20-14-7-6-13(9-16(14)24-12(3)18(20)22)19-17(21)15-5-4-8-23-15/h4-9,11-12H,10H2,1-3H3,(H,19,21). The Bertz CT molecular complexity index is 752. The van der Waals surface area contributed by atoms with Crippen molar-refractivity contribution in [2.24, 2.45) is 5.92 Å². The molecule has 0 saturated heterocycles. The maximum absolute atomic E-state index is 12.4. The van der Waals surface area contributed by atoms with Crippen LogP contribution < -0.4 is 15.0 Å². The van der Waals surface area contributed by atoms with Crippen LogP contribution in [0, 0.1) is 5.92 Å². The Morgan fingerprint density at radius 3 is 2.79 bits per heavy atom. The molecule has 6 nitrogen and oxygen atoms in total. The number of nitrogens with zero attached hydrogens (tertiary/aromatic N) is 1. The number of carbonyl (C=O) groups excluding carboxylic acids is 2. The number of hydrogen-bond donors (Lipinski definition) is 1. The zero-order valence-corrected chi connectivity index (χ0v) is 13.9. The number of anilines is 2. The fourth-order valence-corrected chi connectivity index (χ4v) is 2.64. The van der Waals surface area contributed by atoms with Crippen molar-refractivity contribution in [2.45, 2.75) is 26.9 Å². The van der Waals surface area contributed by atoms with Crippen molar-refractivity contribution < 1.29 is 18.7 Å². The van der Waals surface area contributed by atoms with Crippen molar-refractivity contribution in [3.05, 3.63) is 42.4 Å². The average molecular weight is 328 g/mol. The van der Waals surface area contributed by atoms with E-state index >= 15 is 0 Å². The molecular formula is C18H20N2O4. The van der Waals surface area contributed by atoms with Crippen LogP contribution in [0.4, 0.5) is 11.4 Å². The molecule has 0 radical (unpaired) electrons. The van der Waals surface area contributed by atoms with Crippen LogP contribution in [-0.4, -0.2) is 24.5 Å². The van der Waals surface area contributed by atoms with Gasteiger partial charge in [0.1, 0.15) is 5.75 Å². The van der Waals surface area contributed by atoms with Crippen molar-refractivity contribution in [3.63, 3.8) is 0 Å². The molecule has 1 aromatic heterocycles. The lowest BCUT2D eigenvalue weighted by Gasteiger charge is -2.34. The molecule has 0 saturated carbocycles. The molecule has 2 amide bonds. The second-order valence-electron chi connectivity index (χ2n) is 6.22. The third kappa shape index (κ3) is 3.13. The van der Waals surface area contributed by atoms with Crippen LogP contribution in [0.15, 0.2) is 41.0 Å². The largest absolute Gasteiger partial charge is 0.479 e. The number of hydrogen-bond acceptors (Lipinski definition) is 4. The van der Waals surface area contributed by atoms with Crippen LogP contribution in [0.3, 0.4) is 0 Å². The first kappa shape index (κ1) is 16.1. The zero-order chi connectivity index (χ0) is 17.3. The third-order valence-corrected chi connectivity index (χ3v) is 3.72. The van der Waals surface area contributed by atoms with Gasteiger partial charge in [0.05, 0.1) is 12.0 Å². The zero-order valence-electron chi connectivity index (χ0n) is 13.9. The van der Waals surface area contributed by atoms with Gasteiger partial charge in [-0.25, -0.2) is 0 Å². The molecule has 24 heavy (non-hydrogen) atoms. The summed E-state index contributed by atoms with van der Waals surface area (Å²) < 4.78 is 10.8. The highest BCUT2D eigenvalue weighted by Gasteiger charge is 2.32. The van der Waals surface area contributed by atoms with E-state index in [0.717, 1.165) is 5.69 Å². The summed E-state index contributed by atoms with van der Waals surface area (Å²) in [5.74, 6) is 0.770. The minimum Gasteiger partial charge on any atom is -0.479 e. The molecule has 0 spiro atoms. The van der Waals surface area contributed by atoms with Crippen LogP contribution in [0.1, 0.15) is 31.3 Å². The summed E-state index contributed by atoms with van der Waals surface area (Å²) in [6.45, 7) is 6.47. The van der Waals surface area contributed by atoms with E-state index in [0.29, 0.717) is 23.9 Å². The van der Waals surface area contributed by atoms with Crippen molar-refractivity contribution >= 4 is 23.2 Å². The van der Waals surface area contributed by atoms with Gasteiger partial charge in [0.25, 0.3) is 11.8 Å². The fraction of sp³-hybridized carbons (Fsp3) is 0.333. The lowest BCUT2D eigenvalue weighted by Crippen LogP contribution is -2.46. The van der Waals surface area contributed by atoms with E-state index in [-0.39, 0.29) is 17.6 Å². The summed E-state index contributed by atoms with van der Waals surface area (Å²) in [7, 11) is 0. The van der Waals surface area contributed by atoms with Crippen LogP contribution in [0.25, 0.3) is 0 Å².